The zero-order chi connectivity index (χ0) is 19.3. The van der Waals surface area contributed by atoms with E-state index in [2.05, 4.69) is 31.2 Å². The summed E-state index contributed by atoms with van der Waals surface area (Å²) in [5, 5.41) is 17.9. The van der Waals surface area contributed by atoms with Gasteiger partial charge in [0.1, 0.15) is 0 Å². The minimum absolute atomic E-state index is 0.0229. The van der Waals surface area contributed by atoms with Gasteiger partial charge in [0.15, 0.2) is 0 Å². The van der Waals surface area contributed by atoms with Gasteiger partial charge >= 0.3 is 0 Å². The Balaban J connectivity index is 3.52. The van der Waals surface area contributed by atoms with Crippen LogP contribution in [0.4, 0.5) is 0 Å². The average molecular weight is 368 g/mol. The summed E-state index contributed by atoms with van der Waals surface area (Å²) in [6, 6.07) is 0. The van der Waals surface area contributed by atoms with Crippen LogP contribution >= 0.6 is 0 Å². The van der Waals surface area contributed by atoms with Crippen LogP contribution in [0.15, 0.2) is 24.3 Å². The van der Waals surface area contributed by atoms with Crippen LogP contribution in [0.5, 0.6) is 0 Å². The number of allylic oxidation sites excluding steroid dienone is 4. The summed E-state index contributed by atoms with van der Waals surface area (Å²) in [5.41, 5.74) is 0. The molecule has 0 aromatic heterocycles. The molecule has 0 radical (unpaired) electrons. The van der Waals surface area contributed by atoms with Gasteiger partial charge in [-0.2, -0.15) is 0 Å². The fraction of sp³-hybridized carbons (Fsp3) is 0.773. The molecule has 152 valence electrons. The monoisotopic (exact) mass is 367 g/mol. The van der Waals surface area contributed by atoms with Gasteiger partial charge < -0.3 is 15.1 Å². The van der Waals surface area contributed by atoms with Crippen molar-refractivity contribution in [2.75, 3.05) is 26.3 Å². The zero-order valence-electron chi connectivity index (χ0n) is 16.9. The summed E-state index contributed by atoms with van der Waals surface area (Å²) in [4.78, 5) is 13.5. The molecule has 0 heterocycles. The molecule has 0 bridgehead atoms. The van der Waals surface area contributed by atoms with Gasteiger partial charge in [0.25, 0.3) is 0 Å². The van der Waals surface area contributed by atoms with Crippen LogP contribution in [-0.2, 0) is 4.79 Å². The fourth-order valence-electron chi connectivity index (χ4n) is 2.85. The molecule has 0 saturated heterocycles. The van der Waals surface area contributed by atoms with E-state index < -0.39 is 0 Å². The van der Waals surface area contributed by atoms with Crippen LogP contribution in [0.3, 0.4) is 0 Å². The van der Waals surface area contributed by atoms with E-state index in [1.165, 1.54) is 49.8 Å². The van der Waals surface area contributed by atoms with Crippen LogP contribution in [0, 0.1) is 0 Å². The number of hydrogen-bond acceptors (Lipinski definition) is 3. The second-order valence-electron chi connectivity index (χ2n) is 6.81. The van der Waals surface area contributed by atoms with Crippen LogP contribution < -0.4 is 0 Å². The Morgan fingerprint density at radius 1 is 0.769 bits per heavy atom. The second-order valence-corrected chi connectivity index (χ2v) is 6.81. The van der Waals surface area contributed by atoms with Gasteiger partial charge in [-0.1, -0.05) is 63.3 Å². The highest BCUT2D eigenvalue weighted by molar-refractivity contribution is 5.76. The third-order valence-corrected chi connectivity index (χ3v) is 4.43. The maximum Gasteiger partial charge on any atom is 0.222 e. The average Bonchev–Trinajstić information content (AvgIpc) is 2.64. The molecule has 0 aliphatic heterocycles. The molecular formula is C22H41NO3. The molecule has 0 unspecified atom stereocenters. The lowest BCUT2D eigenvalue weighted by molar-refractivity contribution is -0.132. The second kappa shape index (κ2) is 20.2. The van der Waals surface area contributed by atoms with E-state index in [9.17, 15) is 4.79 Å². The van der Waals surface area contributed by atoms with Crippen molar-refractivity contribution in [2.24, 2.45) is 0 Å². The molecule has 0 atom stereocenters. The number of amides is 1. The quantitative estimate of drug-likeness (QED) is 0.275. The summed E-state index contributed by atoms with van der Waals surface area (Å²) in [5.74, 6) is 0.0229. The summed E-state index contributed by atoms with van der Waals surface area (Å²) in [6.07, 6.45) is 22.6. The largest absolute Gasteiger partial charge is 0.395 e. The van der Waals surface area contributed by atoms with E-state index in [1.807, 2.05) is 0 Å². The molecule has 4 nitrogen and oxygen atoms in total. The molecule has 0 aliphatic carbocycles. The van der Waals surface area contributed by atoms with E-state index in [1.54, 1.807) is 0 Å². The van der Waals surface area contributed by atoms with Crippen molar-refractivity contribution in [3.63, 3.8) is 0 Å². The number of rotatable bonds is 18. The highest BCUT2D eigenvalue weighted by Gasteiger charge is 2.11. The van der Waals surface area contributed by atoms with Gasteiger partial charge in [-0.25, -0.2) is 0 Å². The molecule has 0 aromatic rings. The summed E-state index contributed by atoms with van der Waals surface area (Å²) in [6.45, 7) is 2.76. The summed E-state index contributed by atoms with van der Waals surface area (Å²) < 4.78 is 0. The Bertz CT molecular complexity index is 360. The maximum atomic E-state index is 11.9. The number of hydrogen-bond donors (Lipinski definition) is 2. The predicted molar refractivity (Wildman–Crippen MR) is 110 cm³/mol. The zero-order valence-corrected chi connectivity index (χ0v) is 16.9. The molecular weight excluding hydrogens is 326 g/mol. The van der Waals surface area contributed by atoms with Crippen LogP contribution in [0.2, 0.25) is 0 Å². The molecule has 0 rings (SSSR count). The topological polar surface area (TPSA) is 60.8 Å². The normalized spacial score (nSPS) is 11.7. The van der Waals surface area contributed by atoms with E-state index in [0.29, 0.717) is 19.5 Å². The Morgan fingerprint density at radius 2 is 1.31 bits per heavy atom. The number of aliphatic hydroxyl groups is 2. The van der Waals surface area contributed by atoms with Crippen LogP contribution in [0.1, 0.15) is 84.0 Å². The standard InChI is InChI=1S/C22H41NO3/c1-2-3-4-5-6-7-8-9-10-11-12-13-14-15-16-17-22(26)23(18-20-24)19-21-25/h9-10,12-13,24-25H,2-8,11,14-21H2,1H3/b10-9-,13-12-. The molecule has 2 N–H and O–H groups in total. The van der Waals surface area contributed by atoms with E-state index in [4.69, 9.17) is 10.2 Å². The number of carbonyl (C=O) groups excluding carboxylic acids is 1. The number of aliphatic hydroxyl groups excluding tert-OH is 2. The lowest BCUT2D eigenvalue weighted by atomic mass is 10.1. The van der Waals surface area contributed by atoms with E-state index in [0.717, 1.165) is 25.7 Å². The lowest BCUT2D eigenvalue weighted by Crippen LogP contribution is -2.35. The van der Waals surface area contributed by atoms with Gasteiger partial charge in [0.05, 0.1) is 13.2 Å². The first-order valence-corrected chi connectivity index (χ1v) is 10.6. The molecule has 0 aromatic carbocycles. The Labute approximate surface area is 161 Å². The van der Waals surface area contributed by atoms with Crippen molar-refractivity contribution in [2.45, 2.75) is 84.0 Å². The van der Waals surface area contributed by atoms with Crippen molar-refractivity contribution in [1.29, 1.82) is 0 Å². The lowest BCUT2D eigenvalue weighted by Gasteiger charge is -2.20. The highest BCUT2D eigenvalue weighted by atomic mass is 16.3. The molecule has 0 spiro atoms. The molecule has 26 heavy (non-hydrogen) atoms. The molecule has 0 saturated carbocycles. The molecule has 0 fully saturated rings. The van der Waals surface area contributed by atoms with Crippen molar-refractivity contribution >= 4 is 5.91 Å². The Morgan fingerprint density at radius 3 is 1.88 bits per heavy atom. The minimum atomic E-state index is -0.0547. The maximum absolute atomic E-state index is 11.9. The highest BCUT2D eigenvalue weighted by Crippen LogP contribution is 2.08. The van der Waals surface area contributed by atoms with Crippen LogP contribution in [0.25, 0.3) is 0 Å². The predicted octanol–water partition coefficient (Wildman–Crippen LogP) is 4.61. The Kier molecular flexibility index (Phi) is 19.3. The van der Waals surface area contributed by atoms with Gasteiger partial charge in [-0.15, -0.1) is 0 Å². The molecule has 4 heteroatoms. The first-order valence-electron chi connectivity index (χ1n) is 10.6. The summed E-state index contributed by atoms with van der Waals surface area (Å²) in [7, 11) is 0. The fourth-order valence-corrected chi connectivity index (χ4v) is 2.85. The number of unbranched alkanes of at least 4 members (excludes halogenated alkanes) is 8. The molecule has 1 amide bonds. The first-order chi connectivity index (χ1) is 12.8. The van der Waals surface area contributed by atoms with Crippen molar-refractivity contribution in [3.8, 4) is 0 Å². The van der Waals surface area contributed by atoms with E-state index in [-0.39, 0.29) is 19.1 Å². The van der Waals surface area contributed by atoms with Gasteiger partial charge in [-0.05, 0) is 38.5 Å². The third-order valence-electron chi connectivity index (χ3n) is 4.43. The van der Waals surface area contributed by atoms with Crippen molar-refractivity contribution in [1.82, 2.24) is 4.90 Å². The number of carbonyl (C=O) groups is 1. The van der Waals surface area contributed by atoms with Gasteiger partial charge in [0.2, 0.25) is 5.91 Å². The van der Waals surface area contributed by atoms with E-state index >= 15 is 0 Å². The van der Waals surface area contributed by atoms with Crippen molar-refractivity contribution < 1.29 is 15.0 Å². The first kappa shape index (κ1) is 24.9. The Hall–Kier alpha value is -1.13. The smallest absolute Gasteiger partial charge is 0.222 e. The third kappa shape index (κ3) is 16.3. The van der Waals surface area contributed by atoms with Gasteiger partial charge in [-0.3, -0.25) is 4.79 Å². The van der Waals surface area contributed by atoms with Crippen molar-refractivity contribution in [3.05, 3.63) is 24.3 Å². The molecule has 0 aliphatic rings. The van der Waals surface area contributed by atoms with Gasteiger partial charge in [0, 0.05) is 19.5 Å². The number of nitrogens with zero attached hydrogens (tertiary/aromatic N) is 1. The minimum Gasteiger partial charge on any atom is -0.395 e. The van der Waals surface area contributed by atoms with Crippen LogP contribution in [-0.4, -0.2) is 47.3 Å². The SMILES string of the molecule is CCCCCCCC/C=C\C/C=C\CCCCC(=O)N(CCO)CCO. The summed E-state index contributed by atoms with van der Waals surface area (Å²) >= 11 is 0.